The summed E-state index contributed by atoms with van der Waals surface area (Å²) in [5, 5.41) is 18.1. The highest BCUT2D eigenvalue weighted by Gasteiger charge is 2.15. The molecule has 23 heavy (non-hydrogen) atoms. The van der Waals surface area contributed by atoms with E-state index in [9.17, 15) is 9.59 Å². The van der Waals surface area contributed by atoms with E-state index in [-0.39, 0.29) is 12.1 Å². The molecular formula is C13H9BrN6O2S. The van der Waals surface area contributed by atoms with E-state index in [2.05, 4.69) is 31.3 Å². The average molecular weight is 393 g/mol. The highest BCUT2D eigenvalue weighted by molar-refractivity contribution is 9.10. The van der Waals surface area contributed by atoms with E-state index in [0.717, 1.165) is 0 Å². The third-order valence-electron chi connectivity index (χ3n) is 3.12. The van der Waals surface area contributed by atoms with Gasteiger partial charge in [0.15, 0.2) is 5.65 Å². The zero-order chi connectivity index (χ0) is 16.6. The van der Waals surface area contributed by atoms with E-state index in [0.29, 0.717) is 26.2 Å². The van der Waals surface area contributed by atoms with Gasteiger partial charge in [-0.05, 0) is 27.4 Å². The molecule has 0 radical (unpaired) electrons. The topological polar surface area (TPSA) is 106 Å². The Morgan fingerprint density at radius 3 is 3.09 bits per heavy atom. The molecule has 0 aliphatic heterocycles. The largest absolute Gasteiger partial charge is 0.315 e. The summed E-state index contributed by atoms with van der Waals surface area (Å²) >= 11 is 4.46. The van der Waals surface area contributed by atoms with E-state index < -0.39 is 5.91 Å². The van der Waals surface area contributed by atoms with Crippen molar-refractivity contribution in [3.63, 3.8) is 0 Å². The number of nitrogens with zero attached hydrogens (tertiary/aromatic N) is 5. The lowest BCUT2D eigenvalue weighted by molar-refractivity contribution is -0.116. The predicted molar refractivity (Wildman–Crippen MR) is 88.1 cm³/mol. The van der Waals surface area contributed by atoms with E-state index in [1.807, 2.05) is 6.07 Å². The first-order chi connectivity index (χ1) is 11.0. The molecule has 0 saturated carbocycles. The van der Waals surface area contributed by atoms with E-state index in [4.69, 9.17) is 5.26 Å². The molecule has 0 aliphatic carbocycles. The number of hydrogen-bond acceptors (Lipinski definition) is 6. The smallest absolute Gasteiger partial charge is 0.266 e. The summed E-state index contributed by atoms with van der Waals surface area (Å²) in [5.41, 5.74) is 0.458. The van der Waals surface area contributed by atoms with Gasteiger partial charge in [0.2, 0.25) is 5.91 Å². The Balaban J connectivity index is 1.89. The Labute approximate surface area is 142 Å². The van der Waals surface area contributed by atoms with Crippen molar-refractivity contribution in [2.24, 2.45) is 7.05 Å². The van der Waals surface area contributed by atoms with Gasteiger partial charge in [-0.3, -0.25) is 14.2 Å². The monoisotopic (exact) mass is 392 g/mol. The van der Waals surface area contributed by atoms with Crippen LogP contribution in [-0.4, -0.2) is 25.2 Å². The fourth-order valence-electron chi connectivity index (χ4n) is 2.06. The second-order valence-electron chi connectivity index (χ2n) is 4.61. The molecular weight excluding hydrogens is 384 g/mol. The van der Waals surface area contributed by atoms with Crippen LogP contribution in [0.25, 0.3) is 11.0 Å². The molecule has 10 heteroatoms. The molecule has 0 aromatic carbocycles. The summed E-state index contributed by atoms with van der Waals surface area (Å²) in [5.74, 6) is -0.410. The zero-order valence-electron chi connectivity index (χ0n) is 11.8. The summed E-state index contributed by atoms with van der Waals surface area (Å²) in [6.07, 6.45) is 1.30. The van der Waals surface area contributed by atoms with Gasteiger partial charge in [-0.25, -0.2) is 9.67 Å². The number of fused-ring (bicyclic) bond motifs is 1. The summed E-state index contributed by atoms with van der Waals surface area (Å²) in [6.45, 7) is -0.203. The highest BCUT2D eigenvalue weighted by atomic mass is 79.9. The van der Waals surface area contributed by atoms with Crippen molar-refractivity contribution in [2.75, 3.05) is 5.32 Å². The molecule has 0 saturated heterocycles. The van der Waals surface area contributed by atoms with Crippen LogP contribution < -0.4 is 10.9 Å². The maximum atomic E-state index is 12.4. The van der Waals surface area contributed by atoms with Crippen LogP contribution in [0.4, 0.5) is 5.00 Å². The molecule has 116 valence electrons. The number of thiophene rings is 1. The summed E-state index contributed by atoms with van der Waals surface area (Å²) in [7, 11) is 1.68. The van der Waals surface area contributed by atoms with Crippen molar-refractivity contribution >= 4 is 49.2 Å². The maximum absolute atomic E-state index is 12.4. The van der Waals surface area contributed by atoms with Crippen molar-refractivity contribution < 1.29 is 4.79 Å². The first kappa shape index (κ1) is 15.4. The summed E-state index contributed by atoms with van der Waals surface area (Å²) < 4.78 is 3.06. The number of nitrogens with one attached hydrogen (secondary N) is 1. The Kier molecular flexibility index (Phi) is 3.97. The molecule has 3 rings (SSSR count). The van der Waals surface area contributed by atoms with Crippen molar-refractivity contribution in [2.45, 2.75) is 6.54 Å². The van der Waals surface area contributed by atoms with E-state index in [1.54, 1.807) is 18.5 Å². The standard InChI is InChI=1S/C13H9BrN6O2S/c1-19-11-9(10(14)18-19)13(22)20(6-16-11)5-8(21)17-12-7(4-15)2-3-23-12/h2-3,6H,5H2,1H3,(H,17,21). The first-order valence-electron chi connectivity index (χ1n) is 6.36. The molecule has 0 unspecified atom stereocenters. The minimum absolute atomic E-state index is 0.203. The lowest BCUT2D eigenvalue weighted by Gasteiger charge is -2.06. The number of amides is 1. The molecule has 0 atom stereocenters. The zero-order valence-corrected chi connectivity index (χ0v) is 14.2. The molecule has 0 spiro atoms. The van der Waals surface area contributed by atoms with Gasteiger partial charge >= 0.3 is 0 Å². The summed E-state index contributed by atoms with van der Waals surface area (Å²) in [6, 6.07) is 3.61. The van der Waals surface area contributed by atoms with Crippen LogP contribution in [0, 0.1) is 11.3 Å². The van der Waals surface area contributed by atoms with Crippen molar-refractivity contribution in [3.8, 4) is 6.07 Å². The Bertz CT molecular complexity index is 1010. The third-order valence-corrected chi connectivity index (χ3v) is 4.51. The lowest BCUT2D eigenvalue weighted by Crippen LogP contribution is -2.27. The minimum atomic E-state index is -0.410. The highest BCUT2D eigenvalue weighted by Crippen LogP contribution is 2.22. The van der Waals surface area contributed by atoms with Gasteiger partial charge < -0.3 is 5.32 Å². The molecule has 0 bridgehead atoms. The average Bonchev–Trinajstić information content (AvgIpc) is 3.06. The number of carbonyl (C=O) groups excluding carboxylic acids is 1. The number of aryl methyl sites for hydroxylation is 1. The fraction of sp³-hybridized carbons (Fsp3) is 0.154. The van der Waals surface area contributed by atoms with Crippen LogP contribution in [0.2, 0.25) is 0 Å². The van der Waals surface area contributed by atoms with Crippen molar-refractivity contribution in [1.82, 2.24) is 19.3 Å². The van der Waals surface area contributed by atoms with Gasteiger partial charge in [0, 0.05) is 7.05 Å². The van der Waals surface area contributed by atoms with Crippen LogP contribution in [-0.2, 0) is 18.4 Å². The third kappa shape index (κ3) is 2.76. The quantitative estimate of drug-likeness (QED) is 0.726. The number of anilines is 1. The van der Waals surface area contributed by atoms with Crippen LogP contribution in [0.3, 0.4) is 0 Å². The molecule has 1 N–H and O–H groups in total. The SMILES string of the molecule is Cn1nc(Br)c2c(=O)n(CC(=O)Nc3sccc3C#N)cnc21. The number of hydrogen-bond donors (Lipinski definition) is 1. The molecule has 8 nitrogen and oxygen atoms in total. The minimum Gasteiger partial charge on any atom is -0.315 e. The van der Waals surface area contributed by atoms with Gasteiger partial charge in [0.25, 0.3) is 5.56 Å². The van der Waals surface area contributed by atoms with Crippen LogP contribution in [0.5, 0.6) is 0 Å². The molecule has 3 heterocycles. The van der Waals surface area contributed by atoms with Crippen molar-refractivity contribution in [1.29, 1.82) is 5.26 Å². The number of rotatable bonds is 3. The number of nitriles is 1. The molecule has 3 aromatic heterocycles. The number of aromatic nitrogens is 4. The second kappa shape index (κ2) is 5.94. The number of halogens is 1. The van der Waals surface area contributed by atoms with Gasteiger partial charge in [-0.15, -0.1) is 11.3 Å². The van der Waals surface area contributed by atoms with Crippen LogP contribution in [0.15, 0.2) is 27.2 Å². The fourth-order valence-corrected chi connectivity index (χ4v) is 3.40. The predicted octanol–water partition coefficient (Wildman–Crippen LogP) is 1.46. The second-order valence-corrected chi connectivity index (χ2v) is 6.28. The maximum Gasteiger partial charge on any atom is 0.266 e. The van der Waals surface area contributed by atoms with E-state index >= 15 is 0 Å². The van der Waals surface area contributed by atoms with Crippen molar-refractivity contribution in [3.05, 3.63) is 38.3 Å². The Hall–Kier alpha value is -2.51. The normalized spacial score (nSPS) is 10.7. The van der Waals surface area contributed by atoms with Crippen LogP contribution in [0.1, 0.15) is 5.56 Å². The lowest BCUT2D eigenvalue weighted by atomic mass is 10.3. The van der Waals surface area contributed by atoms with Crippen LogP contribution >= 0.6 is 27.3 Å². The van der Waals surface area contributed by atoms with Gasteiger partial charge in [0.05, 0.1) is 5.56 Å². The van der Waals surface area contributed by atoms with Gasteiger partial charge in [0.1, 0.15) is 33.9 Å². The van der Waals surface area contributed by atoms with Gasteiger partial charge in [-0.1, -0.05) is 0 Å². The Morgan fingerprint density at radius 1 is 1.57 bits per heavy atom. The number of carbonyl (C=O) groups is 1. The molecule has 3 aromatic rings. The van der Waals surface area contributed by atoms with E-state index in [1.165, 1.54) is 26.9 Å². The molecule has 1 amide bonds. The first-order valence-corrected chi connectivity index (χ1v) is 8.03. The molecule has 0 fully saturated rings. The van der Waals surface area contributed by atoms with Gasteiger partial charge in [-0.2, -0.15) is 10.4 Å². The summed E-state index contributed by atoms with van der Waals surface area (Å²) in [4.78, 5) is 28.7. The molecule has 0 aliphatic rings. The Morgan fingerprint density at radius 2 is 2.35 bits per heavy atom.